The molecule has 26 heavy (non-hydrogen) atoms. The fourth-order valence-corrected chi connectivity index (χ4v) is 1.71. The van der Waals surface area contributed by atoms with E-state index < -0.39 is 23.0 Å². The number of nitrogens with zero attached hydrogens (tertiary/aromatic N) is 4. The van der Waals surface area contributed by atoms with Crippen LogP contribution in [0.3, 0.4) is 0 Å². The van der Waals surface area contributed by atoms with Gasteiger partial charge >= 0.3 is 11.9 Å². The van der Waals surface area contributed by atoms with Crippen molar-refractivity contribution in [3.05, 3.63) is 0 Å². The highest BCUT2D eigenvalue weighted by atomic mass is 16.4. The zero-order chi connectivity index (χ0) is 20.4. The van der Waals surface area contributed by atoms with Gasteiger partial charge in [-0.2, -0.15) is 10.2 Å². The number of carbonyl (C=O) groups is 2. The third-order valence-corrected chi connectivity index (χ3v) is 4.19. The van der Waals surface area contributed by atoms with Crippen molar-refractivity contribution in [2.75, 3.05) is 13.1 Å². The molecule has 0 aromatic heterocycles. The van der Waals surface area contributed by atoms with Gasteiger partial charge in [0.1, 0.15) is 22.7 Å². The number of azo groups is 1. The maximum absolute atomic E-state index is 10.6. The monoisotopic (exact) mass is 370 g/mol. The predicted octanol–water partition coefficient (Wildman–Crippen LogP) is 1.44. The summed E-state index contributed by atoms with van der Waals surface area (Å²) in [7, 11) is 0. The molecule has 0 amide bonds. The van der Waals surface area contributed by atoms with Gasteiger partial charge in [-0.3, -0.25) is 19.6 Å². The van der Waals surface area contributed by atoms with Gasteiger partial charge in [-0.25, -0.2) is 0 Å². The van der Waals surface area contributed by atoms with Crippen LogP contribution in [0.2, 0.25) is 0 Å². The first-order valence-corrected chi connectivity index (χ1v) is 8.49. The molecule has 0 aliphatic rings. The first kappa shape index (κ1) is 23.5. The molecular weight excluding hydrogens is 340 g/mol. The number of nitrogens with two attached hydrogens (primary N) is 2. The zero-order valence-electron chi connectivity index (χ0n) is 15.9. The second kappa shape index (κ2) is 10.5. The van der Waals surface area contributed by atoms with Crippen LogP contribution >= 0.6 is 0 Å². The highest BCUT2D eigenvalue weighted by molar-refractivity contribution is 5.91. The normalized spacial score (nSPS) is 17.7. The summed E-state index contributed by atoms with van der Waals surface area (Å²) in [4.78, 5) is 29.3. The van der Waals surface area contributed by atoms with Crippen LogP contribution in [0, 0.1) is 0 Å². The van der Waals surface area contributed by atoms with Gasteiger partial charge in [0.15, 0.2) is 0 Å². The summed E-state index contributed by atoms with van der Waals surface area (Å²) >= 11 is 0. The second-order valence-electron chi connectivity index (χ2n) is 6.28. The fourth-order valence-electron chi connectivity index (χ4n) is 1.71. The van der Waals surface area contributed by atoms with Gasteiger partial charge in [-0.05, 0) is 26.7 Å². The molecule has 0 saturated heterocycles. The van der Waals surface area contributed by atoms with Crippen LogP contribution in [0.4, 0.5) is 0 Å². The average Bonchev–Trinajstić information content (AvgIpc) is 2.58. The SMILES string of the molecule is CCC(C)(N=NC(C)(CC)C(N)=NCCC(=O)O)C(N)=NCCC(=O)O. The van der Waals surface area contributed by atoms with E-state index in [4.69, 9.17) is 21.7 Å². The summed E-state index contributed by atoms with van der Waals surface area (Å²) in [5, 5.41) is 26.0. The van der Waals surface area contributed by atoms with Crippen molar-refractivity contribution in [3.63, 3.8) is 0 Å². The number of hydrogen-bond donors (Lipinski definition) is 4. The minimum Gasteiger partial charge on any atom is -0.481 e. The van der Waals surface area contributed by atoms with E-state index in [2.05, 4.69) is 20.2 Å². The molecule has 0 heterocycles. The molecule has 0 spiro atoms. The Morgan fingerprint density at radius 3 is 1.35 bits per heavy atom. The maximum atomic E-state index is 10.6. The minimum absolute atomic E-state index is 0.0656. The molecule has 0 rings (SSSR count). The third kappa shape index (κ3) is 7.58. The first-order chi connectivity index (χ1) is 12.0. The lowest BCUT2D eigenvalue weighted by molar-refractivity contribution is -0.137. The molecule has 10 nitrogen and oxygen atoms in total. The molecule has 0 aromatic carbocycles. The van der Waals surface area contributed by atoms with Gasteiger partial charge in [0.2, 0.25) is 0 Å². The Morgan fingerprint density at radius 2 is 1.12 bits per heavy atom. The minimum atomic E-state index is -0.953. The highest BCUT2D eigenvalue weighted by Gasteiger charge is 2.31. The summed E-state index contributed by atoms with van der Waals surface area (Å²) in [5.74, 6) is -1.51. The van der Waals surface area contributed by atoms with Crippen LogP contribution in [-0.4, -0.2) is 58.0 Å². The summed E-state index contributed by atoms with van der Waals surface area (Å²) < 4.78 is 0. The number of amidine groups is 2. The Kier molecular flexibility index (Phi) is 9.45. The average molecular weight is 370 g/mol. The van der Waals surface area contributed by atoms with Crippen molar-refractivity contribution in [3.8, 4) is 0 Å². The van der Waals surface area contributed by atoms with E-state index in [1.807, 2.05) is 13.8 Å². The molecule has 0 fully saturated rings. The van der Waals surface area contributed by atoms with E-state index >= 15 is 0 Å². The van der Waals surface area contributed by atoms with Gasteiger partial charge in [-0.1, -0.05) is 13.8 Å². The highest BCUT2D eigenvalue weighted by Crippen LogP contribution is 2.22. The van der Waals surface area contributed by atoms with E-state index in [0.29, 0.717) is 12.8 Å². The van der Waals surface area contributed by atoms with Gasteiger partial charge in [0.05, 0.1) is 25.9 Å². The van der Waals surface area contributed by atoms with Crippen molar-refractivity contribution in [1.29, 1.82) is 0 Å². The smallest absolute Gasteiger partial charge is 0.305 e. The van der Waals surface area contributed by atoms with Crippen molar-refractivity contribution in [2.24, 2.45) is 31.7 Å². The zero-order valence-corrected chi connectivity index (χ0v) is 15.9. The summed E-state index contributed by atoms with van der Waals surface area (Å²) in [6, 6.07) is 0. The molecular formula is C16H30N6O4. The molecule has 0 saturated carbocycles. The second-order valence-corrected chi connectivity index (χ2v) is 6.28. The molecule has 148 valence electrons. The molecule has 6 N–H and O–H groups in total. The molecule has 0 bridgehead atoms. The fraction of sp³-hybridized carbons (Fsp3) is 0.750. The van der Waals surface area contributed by atoms with Crippen molar-refractivity contribution >= 4 is 23.6 Å². The number of rotatable bonds is 12. The third-order valence-electron chi connectivity index (χ3n) is 4.19. The van der Waals surface area contributed by atoms with Crippen LogP contribution in [0.25, 0.3) is 0 Å². The lowest BCUT2D eigenvalue weighted by Gasteiger charge is -2.26. The maximum Gasteiger partial charge on any atom is 0.305 e. The van der Waals surface area contributed by atoms with Gasteiger partial charge in [0.25, 0.3) is 0 Å². The number of carboxylic acid groups (broad SMARTS) is 2. The number of carboxylic acids is 2. The molecule has 2 atom stereocenters. The standard InChI is InChI=1S/C16H30N6O4/c1-5-15(3,13(17)19-9-7-11(23)24)21-22-16(4,6-2)14(18)20-10-8-12(25)26/h5-10H2,1-4H3,(H2,17,19)(H2,18,20)(H,23,24)(H,25,26). The predicted molar refractivity (Wildman–Crippen MR) is 99.7 cm³/mol. The number of aliphatic carboxylic acids is 2. The topological polar surface area (TPSA) is 176 Å². The quantitative estimate of drug-likeness (QED) is 0.229. The summed E-state index contributed by atoms with van der Waals surface area (Å²) in [6.07, 6.45) is 0.782. The largest absolute Gasteiger partial charge is 0.481 e. The van der Waals surface area contributed by atoms with Gasteiger partial charge in [0, 0.05) is 0 Å². The van der Waals surface area contributed by atoms with E-state index in [-0.39, 0.29) is 37.6 Å². The van der Waals surface area contributed by atoms with E-state index in [1.165, 1.54) is 0 Å². The van der Waals surface area contributed by atoms with E-state index in [0.717, 1.165) is 0 Å². The van der Waals surface area contributed by atoms with Crippen molar-refractivity contribution in [2.45, 2.75) is 64.5 Å². The van der Waals surface area contributed by atoms with E-state index in [1.54, 1.807) is 13.8 Å². The first-order valence-electron chi connectivity index (χ1n) is 8.49. The number of hydrogen-bond acceptors (Lipinski definition) is 6. The van der Waals surface area contributed by atoms with Crippen LogP contribution in [-0.2, 0) is 9.59 Å². The van der Waals surface area contributed by atoms with Crippen molar-refractivity contribution < 1.29 is 19.8 Å². The molecule has 2 unspecified atom stereocenters. The Bertz CT molecular complexity index is 539. The summed E-state index contributed by atoms with van der Waals surface area (Å²) in [6.45, 7) is 7.37. The molecule has 0 aliphatic heterocycles. The molecule has 0 aromatic rings. The van der Waals surface area contributed by atoms with Gasteiger partial charge < -0.3 is 21.7 Å². The van der Waals surface area contributed by atoms with Gasteiger partial charge in [-0.15, -0.1) is 0 Å². The number of aliphatic imine (C=N–C) groups is 2. The molecule has 0 aliphatic carbocycles. The Balaban J connectivity index is 5.37. The Morgan fingerprint density at radius 1 is 0.808 bits per heavy atom. The lowest BCUT2D eigenvalue weighted by atomic mass is 9.97. The molecule has 10 heteroatoms. The lowest BCUT2D eigenvalue weighted by Crippen LogP contribution is -2.42. The summed E-state index contributed by atoms with van der Waals surface area (Å²) in [5.41, 5.74) is 10.2. The Hall–Kier alpha value is -2.52. The molecule has 0 radical (unpaired) electrons. The van der Waals surface area contributed by atoms with Crippen LogP contribution in [0.15, 0.2) is 20.2 Å². The van der Waals surface area contributed by atoms with Crippen LogP contribution < -0.4 is 11.5 Å². The Labute approximate surface area is 153 Å². The van der Waals surface area contributed by atoms with Crippen LogP contribution in [0.5, 0.6) is 0 Å². The van der Waals surface area contributed by atoms with Crippen molar-refractivity contribution in [1.82, 2.24) is 0 Å². The van der Waals surface area contributed by atoms with E-state index in [9.17, 15) is 9.59 Å². The van der Waals surface area contributed by atoms with Crippen LogP contribution in [0.1, 0.15) is 53.4 Å².